The molecule has 0 amide bonds. The first-order valence-corrected chi connectivity index (χ1v) is 4.80. The zero-order chi connectivity index (χ0) is 12.8. The number of hydrogen-bond donors (Lipinski definition) is 1. The maximum absolute atomic E-state index is 13.4. The Bertz CT molecular complexity index is 487. The molecular weight excluding hydrogens is 237 g/mol. The molecule has 1 unspecified atom stereocenters. The lowest BCUT2D eigenvalue weighted by molar-refractivity contribution is -0.142. The fourth-order valence-electron chi connectivity index (χ4n) is 1.89. The van der Waals surface area contributed by atoms with Gasteiger partial charge in [-0.25, -0.2) is 13.2 Å². The molecule has 1 N–H and O–H groups in total. The molecule has 1 fully saturated rings. The lowest BCUT2D eigenvalue weighted by Crippen LogP contribution is -2.27. The standard InChI is InChI=1S/C11H9F3O3/c1-17-8-3-2-6(4-7(8)12)10(9(15)16)5-11(10,13)14/h2-4H,5H2,1H3,(H,15,16). The molecule has 1 aromatic carbocycles. The molecule has 0 heterocycles. The summed E-state index contributed by atoms with van der Waals surface area (Å²) < 4.78 is 44.3. The fraction of sp³-hybridized carbons (Fsp3) is 0.364. The number of ether oxygens (including phenoxy) is 1. The normalized spacial score (nSPS) is 25.4. The van der Waals surface area contributed by atoms with Gasteiger partial charge >= 0.3 is 5.97 Å². The first-order valence-electron chi connectivity index (χ1n) is 4.80. The van der Waals surface area contributed by atoms with Crippen LogP contribution in [-0.4, -0.2) is 24.1 Å². The molecule has 0 aromatic heterocycles. The summed E-state index contributed by atoms with van der Waals surface area (Å²) in [5.74, 6) is -5.95. The van der Waals surface area contributed by atoms with Crippen LogP contribution >= 0.6 is 0 Å². The van der Waals surface area contributed by atoms with Crippen molar-refractivity contribution in [2.45, 2.75) is 17.8 Å². The van der Waals surface area contributed by atoms with E-state index in [2.05, 4.69) is 4.74 Å². The van der Waals surface area contributed by atoms with E-state index in [1.807, 2.05) is 0 Å². The van der Waals surface area contributed by atoms with Gasteiger partial charge in [-0.15, -0.1) is 0 Å². The summed E-state index contributed by atoms with van der Waals surface area (Å²) in [6.45, 7) is 0. The second-order valence-electron chi connectivity index (χ2n) is 3.94. The molecule has 1 atom stereocenters. The third-order valence-electron chi connectivity index (χ3n) is 3.00. The minimum atomic E-state index is -3.33. The smallest absolute Gasteiger partial charge is 0.320 e. The van der Waals surface area contributed by atoms with Crippen molar-refractivity contribution in [2.24, 2.45) is 0 Å². The van der Waals surface area contributed by atoms with E-state index in [0.29, 0.717) is 0 Å². The highest BCUT2D eigenvalue weighted by Crippen LogP contribution is 2.61. The Morgan fingerprint density at radius 3 is 2.41 bits per heavy atom. The molecule has 2 rings (SSSR count). The van der Waals surface area contributed by atoms with Crippen LogP contribution in [0.2, 0.25) is 0 Å². The van der Waals surface area contributed by atoms with Crippen LogP contribution < -0.4 is 4.74 Å². The minimum absolute atomic E-state index is 0.113. The number of methoxy groups -OCH3 is 1. The van der Waals surface area contributed by atoms with Crippen molar-refractivity contribution >= 4 is 5.97 Å². The Morgan fingerprint density at radius 2 is 2.06 bits per heavy atom. The second kappa shape index (κ2) is 3.38. The van der Waals surface area contributed by atoms with Gasteiger partial charge in [0.05, 0.1) is 7.11 Å². The van der Waals surface area contributed by atoms with E-state index in [1.165, 1.54) is 7.11 Å². The van der Waals surface area contributed by atoms with Gasteiger partial charge in [0.2, 0.25) is 0 Å². The molecule has 6 heteroatoms. The van der Waals surface area contributed by atoms with Crippen LogP contribution in [0.4, 0.5) is 13.2 Å². The predicted octanol–water partition coefficient (Wildman–Crippen LogP) is 2.20. The minimum Gasteiger partial charge on any atom is -0.494 e. The third-order valence-corrected chi connectivity index (χ3v) is 3.00. The van der Waals surface area contributed by atoms with Crippen molar-refractivity contribution in [3.63, 3.8) is 0 Å². The lowest BCUT2D eigenvalue weighted by atomic mass is 9.95. The van der Waals surface area contributed by atoms with E-state index in [9.17, 15) is 18.0 Å². The molecule has 92 valence electrons. The number of hydrogen-bond acceptors (Lipinski definition) is 2. The Morgan fingerprint density at radius 1 is 1.47 bits per heavy atom. The van der Waals surface area contributed by atoms with Gasteiger partial charge in [-0.3, -0.25) is 4.79 Å². The lowest BCUT2D eigenvalue weighted by Gasteiger charge is -2.12. The van der Waals surface area contributed by atoms with Crippen molar-refractivity contribution in [2.75, 3.05) is 7.11 Å². The van der Waals surface area contributed by atoms with Crippen molar-refractivity contribution in [1.29, 1.82) is 0 Å². The Balaban J connectivity index is 2.48. The summed E-state index contributed by atoms with van der Waals surface area (Å²) in [7, 11) is 1.23. The van der Waals surface area contributed by atoms with E-state index in [4.69, 9.17) is 5.11 Å². The predicted molar refractivity (Wildman–Crippen MR) is 51.8 cm³/mol. The van der Waals surface area contributed by atoms with E-state index in [0.717, 1.165) is 18.2 Å². The van der Waals surface area contributed by atoms with Gasteiger partial charge in [0.1, 0.15) is 0 Å². The van der Waals surface area contributed by atoms with Gasteiger partial charge in [-0.05, 0) is 17.7 Å². The molecule has 0 bridgehead atoms. The maximum Gasteiger partial charge on any atom is 0.320 e. The highest BCUT2D eigenvalue weighted by Gasteiger charge is 2.77. The zero-order valence-corrected chi connectivity index (χ0v) is 8.84. The number of halogens is 3. The van der Waals surface area contributed by atoms with Crippen molar-refractivity contribution < 1.29 is 27.8 Å². The van der Waals surface area contributed by atoms with Crippen LogP contribution in [0, 0.1) is 5.82 Å². The Labute approximate surface area is 94.8 Å². The van der Waals surface area contributed by atoms with Gasteiger partial charge in [0, 0.05) is 6.42 Å². The van der Waals surface area contributed by atoms with Gasteiger partial charge in [0.15, 0.2) is 17.0 Å². The van der Waals surface area contributed by atoms with E-state index in [-0.39, 0.29) is 11.3 Å². The Hall–Kier alpha value is -1.72. The van der Waals surface area contributed by atoms with E-state index < -0.39 is 29.5 Å². The molecule has 3 nitrogen and oxygen atoms in total. The summed E-state index contributed by atoms with van der Waals surface area (Å²) in [6.07, 6.45) is -0.804. The van der Waals surface area contributed by atoms with Crippen LogP contribution in [-0.2, 0) is 10.2 Å². The van der Waals surface area contributed by atoms with Gasteiger partial charge in [0.25, 0.3) is 5.92 Å². The number of aliphatic carboxylic acids is 1. The number of alkyl halides is 2. The number of rotatable bonds is 3. The number of carboxylic acid groups (broad SMARTS) is 1. The van der Waals surface area contributed by atoms with Gasteiger partial charge < -0.3 is 9.84 Å². The molecule has 1 saturated carbocycles. The first-order chi connectivity index (χ1) is 7.85. The van der Waals surface area contributed by atoms with Gasteiger partial charge in [-0.2, -0.15) is 0 Å². The molecule has 1 aliphatic rings. The molecule has 1 aliphatic carbocycles. The van der Waals surface area contributed by atoms with E-state index in [1.54, 1.807) is 0 Å². The highest BCUT2D eigenvalue weighted by molar-refractivity contribution is 5.87. The van der Waals surface area contributed by atoms with Crippen LogP contribution in [0.1, 0.15) is 12.0 Å². The van der Waals surface area contributed by atoms with Crippen LogP contribution in [0.25, 0.3) is 0 Å². The molecule has 0 saturated heterocycles. The number of benzene rings is 1. The van der Waals surface area contributed by atoms with Crippen LogP contribution in [0.3, 0.4) is 0 Å². The molecule has 0 aliphatic heterocycles. The molecule has 0 spiro atoms. The average Bonchev–Trinajstić information content (AvgIpc) is 2.83. The highest BCUT2D eigenvalue weighted by atomic mass is 19.3. The summed E-state index contributed by atoms with van der Waals surface area (Å²) in [5.41, 5.74) is -2.53. The number of carboxylic acids is 1. The second-order valence-corrected chi connectivity index (χ2v) is 3.94. The molecular formula is C11H9F3O3. The van der Waals surface area contributed by atoms with Crippen molar-refractivity contribution in [3.05, 3.63) is 29.6 Å². The summed E-state index contributed by atoms with van der Waals surface area (Å²) in [6, 6.07) is 3.08. The third kappa shape index (κ3) is 1.47. The maximum atomic E-state index is 13.4. The van der Waals surface area contributed by atoms with E-state index >= 15 is 0 Å². The largest absolute Gasteiger partial charge is 0.494 e. The Kier molecular flexibility index (Phi) is 2.34. The van der Waals surface area contributed by atoms with Crippen molar-refractivity contribution in [1.82, 2.24) is 0 Å². The topological polar surface area (TPSA) is 46.5 Å². The van der Waals surface area contributed by atoms with Gasteiger partial charge in [-0.1, -0.05) is 6.07 Å². The fourth-order valence-corrected chi connectivity index (χ4v) is 1.89. The average molecular weight is 246 g/mol. The summed E-state index contributed by atoms with van der Waals surface area (Å²) in [5, 5.41) is 8.88. The number of carbonyl (C=O) groups is 1. The zero-order valence-electron chi connectivity index (χ0n) is 8.84. The summed E-state index contributed by atoms with van der Waals surface area (Å²) in [4.78, 5) is 10.9. The molecule has 0 radical (unpaired) electrons. The summed E-state index contributed by atoms with van der Waals surface area (Å²) >= 11 is 0. The van der Waals surface area contributed by atoms with Crippen LogP contribution in [0.15, 0.2) is 18.2 Å². The monoisotopic (exact) mass is 246 g/mol. The molecule has 1 aromatic rings. The molecule has 17 heavy (non-hydrogen) atoms. The SMILES string of the molecule is COc1ccc(C2(C(=O)O)CC2(F)F)cc1F. The van der Waals surface area contributed by atoms with Crippen molar-refractivity contribution in [3.8, 4) is 5.75 Å². The first kappa shape index (κ1) is 11.8. The quantitative estimate of drug-likeness (QED) is 0.889. The van der Waals surface area contributed by atoms with Crippen LogP contribution in [0.5, 0.6) is 5.75 Å².